The summed E-state index contributed by atoms with van der Waals surface area (Å²) in [5.74, 6) is -0.520. The number of carboxylic acids is 1. The Labute approximate surface area is 152 Å². The number of hydrogen-bond donors (Lipinski definition) is 1. The highest BCUT2D eigenvalue weighted by Gasteiger charge is 2.14. The number of carboxylic acid groups (broad SMARTS) is 1. The van der Waals surface area contributed by atoms with Crippen LogP contribution in [0, 0.1) is 5.92 Å². The molecule has 0 spiro atoms. The van der Waals surface area contributed by atoms with Crippen molar-refractivity contribution in [3.63, 3.8) is 0 Å². The highest BCUT2D eigenvalue weighted by Crippen LogP contribution is 2.16. The predicted molar refractivity (Wildman–Crippen MR) is 99.3 cm³/mol. The van der Waals surface area contributed by atoms with Crippen LogP contribution >= 0.6 is 11.8 Å². The van der Waals surface area contributed by atoms with Crippen molar-refractivity contribution in [2.75, 3.05) is 12.4 Å². The molecule has 0 fully saturated rings. The highest BCUT2D eigenvalue weighted by atomic mass is 32.2. The van der Waals surface area contributed by atoms with Gasteiger partial charge in [-0.2, -0.15) is 0 Å². The number of unbranched alkanes of at least 4 members (excludes halogenated alkanes) is 1. The summed E-state index contributed by atoms with van der Waals surface area (Å²) in [6.07, 6.45) is 3.35. The van der Waals surface area contributed by atoms with Crippen molar-refractivity contribution in [1.82, 2.24) is 0 Å². The van der Waals surface area contributed by atoms with Crippen LogP contribution in [0.4, 0.5) is 4.79 Å². The molecule has 0 saturated carbocycles. The monoisotopic (exact) mass is 367 g/mol. The largest absolute Gasteiger partial charge is 0.481 e. The fourth-order valence-corrected chi connectivity index (χ4v) is 2.54. The number of thioether (sulfide) groups is 1. The second-order valence-corrected chi connectivity index (χ2v) is 6.40. The van der Waals surface area contributed by atoms with Crippen LogP contribution in [0.25, 0.3) is 0 Å². The Morgan fingerprint density at radius 2 is 1.96 bits per heavy atom. The van der Waals surface area contributed by atoms with Gasteiger partial charge in [-0.15, -0.1) is 4.99 Å². The first-order valence-corrected chi connectivity index (χ1v) is 9.36. The first-order valence-electron chi connectivity index (χ1n) is 8.38. The van der Waals surface area contributed by atoms with E-state index < -0.39 is 12.1 Å². The lowest BCUT2D eigenvalue weighted by molar-refractivity contribution is -0.133. The van der Waals surface area contributed by atoms with Gasteiger partial charge >= 0.3 is 12.1 Å². The van der Waals surface area contributed by atoms with E-state index in [4.69, 9.17) is 14.6 Å². The lowest BCUT2D eigenvalue weighted by Gasteiger charge is -2.15. The normalized spacial score (nSPS) is 12.5. The number of carbonyl (C=O) groups excluding carboxylic acids is 1. The maximum atomic E-state index is 11.9. The van der Waals surface area contributed by atoms with Crippen LogP contribution in [-0.2, 0) is 9.53 Å². The van der Waals surface area contributed by atoms with Gasteiger partial charge in [0.1, 0.15) is 11.5 Å². The third-order valence-electron chi connectivity index (χ3n) is 3.44. The molecule has 0 radical (unpaired) electrons. The lowest BCUT2D eigenvalue weighted by Crippen LogP contribution is -2.16. The topological polar surface area (TPSA) is 85.2 Å². The maximum absolute atomic E-state index is 11.9. The number of para-hydroxylation sites is 1. The van der Waals surface area contributed by atoms with E-state index in [1.165, 1.54) is 0 Å². The Hall–Kier alpha value is -2.02. The number of aliphatic imine (C=N–C) groups is 1. The molecule has 6 nitrogen and oxygen atoms in total. The second-order valence-electron chi connectivity index (χ2n) is 5.47. The number of amides is 1. The second kappa shape index (κ2) is 12.4. The Morgan fingerprint density at radius 3 is 2.56 bits per heavy atom. The Morgan fingerprint density at radius 1 is 1.24 bits per heavy atom. The first-order chi connectivity index (χ1) is 12.0. The molecule has 0 aliphatic rings. The fraction of sp³-hybridized carbons (Fsp3) is 0.500. The van der Waals surface area contributed by atoms with Crippen molar-refractivity contribution >= 4 is 29.1 Å². The van der Waals surface area contributed by atoms with Crippen molar-refractivity contribution in [3.05, 3.63) is 30.3 Å². The van der Waals surface area contributed by atoms with E-state index in [0.29, 0.717) is 18.3 Å². The highest BCUT2D eigenvalue weighted by molar-refractivity contribution is 8.14. The lowest BCUT2D eigenvalue weighted by atomic mass is 10.0. The molecule has 0 saturated heterocycles. The van der Waals surface area contributed by atoms with Crippen molar-refractivity contribution in [3.8, 4) is 5.75 Å². The minimum Gasteiger partial charge on any atom is -0.481 e. The number of hydrogen-bond acceptors (Lipinski definition) is 5. The standard InChI is InChI=1S/C18H25NO5S/c1-3-5-9-14(4-2)12-23-18(25-13-16(20)21)19-17(22)24-15-10-7-6-8-11-15/h6-8,10-11,14H,3-5,9,12-13H2,1-2H3,(H,20,21)/b19-18-. The van der Waals surface area contributed by atoms with Gasteiger partial charge in [0, 0.05) is 0 Å². The van der Waals surface area contributed by atoms with Crippen LogP contribution in [0.1, 0.15) is 39.5 Å². The van der Waals surface area contributed by atoms with Gasteiger partial charge in [0.05, 0.1) is 6.61 Å². The quantitative estimate of drug-likeness (QED) is 0.507. The smallest absolute Gasteiger partial charge is 0.442 e. The maximum Gasteiger partial charge on any atom is 0.442 e. The van der Waals surface area contributed by atoms with E-state index in [-0.39, 0.29) is 11.0 Å². The zero-order valence-electron chi connectivity index (χ0n) is 14.6. The van der Waals surface area contributed by atoms with E-state index in [9.17, 15) is 9.59 Å². The fourth-order valence-electron chi connectivity index (χ4n) is 2.00. The molecule has 1 atom stereocenters. The SMILES string of the molecule is CCCCC(CC)CO/C(=N/C(=O)Oc1ccccc1)SCC(=O)O. The molecule has 138 valence electrons. The molecular formula is C18H25NO5S. The molecule has 1 aromatic carbocycles. The predicted octanol–water partition coefficient (Wildman–Crippen LogP) is 4.59. The van der Waals surface area contributed by atoms with Crippen LogP contribution in [0.5, 0.6) is 5.75 Å². The summed E-state index contributed by atoms with van der Waals surface area (Å²) in [6, 6.07) is 8.55. The minimum atomic E-state index is -1.00. The molecular weight excluding hydrogens is 342 g/mol. The number of nitrogens with zero attached hydrogens (tertiary/aromatic N) is 1. The summed E-state index contributed by atoms with van der Waals surface area (Å²) in [6.45, 7) is 4.61. The van der Waals surface area contributed by atoms with Crippen LogP contribution in [-0.4, -0.2) is 34.8 Å². The Bertz CT molecular complexity index is 562. The van der Waals surface area contributed by atoms with Crippen molar-refractivity contribution in [2.24, 2.45) is 10.9 Å². The van der Waals surface area contributed by atoms with E-state index >= 15 is 0 Å². The molecule has 1 rings (SSSR count). The zero-order valence-corrected chi connectivity index (χ0v) is 15.5. The summed E-state index contributed by atoms with van der Waals surface area (Å²) < 4.78 is 10.7. The van der Waals surface area contributed by atoms with Crippen LogP contribution < -0.4 is 4.74 Å². The molecule has 0 aliphatic heterocycles. The third kappa shape index (κ3) is 9.76. The Kier molecular flexibility index (Phi) is 10.4. The number of aliphatic carboxylic acids is 1. The summed E-state index contributed by atoms with van der Waals surface area (Å²) in [4.78, 5) is 26.4. The summed E-state index contributed by atoms with van der Waals surface area (Å²) >= 11 is 0.872. The molecule has 7 heteroatoms. The van der Waals surface area contributed by atoms with Gasteiger partial charge in [-0.3, -0.25) is 4.79 Å². The van der Waals surface area contributed by atoms with Gasteiger partial charge < -0.3 is 14.6 Å². The van der Waals surface area contributed by atoms with Crippen LogP contribution in [0.2, 0.25) is 0 Å². The summed E-state index contributed by atoms with van der Waals surface area (Å²) in [5, 5.41) is 8.85. The van der Waals surface area contributed by atoms with Gasteiger partial charge in [-0.25, -0.2) is 4.79 Å². The molecule has 0 aliphatic carbocycles. The molecule has 1 amide bonds. The van der Waals surface area contributed by atoms with E-state index in [0.717, 1.165) is 37.4 Å². The van der Waals surface area contributed by atoms with Crippen LogP contribution in [0.15, 0.2) is 35.3 Å². The zero-order chi connectivity index (χ0) is 18.5. The van der Waals surface area contributed by atoms with E-state index in [1.807, 2.05) is 0 Å². The summed E-state index contributed by atoms with van der Waals surface area (Å²) in [5.41, 5.74) is 0. The van der Waals surface area contributed by atoms with Gasteiger partial charge in [-0.1, -0.05) is 63.1 Å². The van der Waals surface area contributed by atoms with Gasteiger partial charge in [0.15, 0.2) is 0 Å². The third-order valence-corrected chi connectivity index (χ3v) is 4.28. The minimum absolute atomic E-state index is 0.0262. The molecule has 1 unspecified atom stereocenters. The molecule has 0 aromatic heterocycles. The van der Waals surface area contributed by atoms with Gasteiger partial charge in [0.25, 0.3) is 5.23 Å². The molecule has 0 bridgehead atoms. The Balaban J connectivity index is 2.66. The molecule has 1 aromatic rings. The van der Waals surface area contributed by atoms with Crippen molar-refractivity contribution in [1.29, 1.82) is 0 Å². The van der Waals surface area contributed by atoms with E-state index in [1.54, 1.807) is 30.3 Å². The number of rotatable bonds is 9. The molecule has 25 heavy (non-hydrogen) atoms. The average Bonchev–Trinajstić information content (AvgIpc) is 2.60. The first kappa shape index (κ1) is 21.0. The molecule has 1 N–H and O–H groups in total. The van der Waals surface area contributed by atoms with Crippen LogP contribution in [0.3, 0.4) is 0 Å². The van der Waals surface area contributed by atoms with Crippen molar-refractivity contribution in [2.45, 2.75) is 39.5 Å². The average molecular weight is 367 g/mol. The number of benzene rings is 1. The van der Waals surface area contributed by atoms with Crippen molar-refractivity contribution < 1.29 is 24.2 Å². The van der Waals surface area contributed by atoms with E-state index in [2.05, 4.69) is 18.8 Å². The number of ether oxygens (including phenoxy) is 2. The molecule has 0 heterocycles. The van der Waals surface area contributed by atoms with Gasteiger partial charge in [0.2, 0.25) is 0 Å². The number of carbonyl (C=O) groups is 2. The summed E-state index contributed by atoms with van der Waals surface area (Å²) in [7, 11) is 0. The van der Waals surface area contributed by atoms with Gasteiger partial charge in [-0.05, 0) is 24.5 Å².